The summed E-state index contributed by atoms with van der Waals surface area (Å²) in [6.45, 7) is 3.37. The molecule has 0 spiro atoms. The monoisotopic (exact) mass is 297 g/mol. The number of carbonyl (C=O) groups is 1. The summed E-state index contributed by atoms with van der Waals surface area (Å²) in [5.74, 6) is 1.29. The number of hydrogen-bond acceptors (Lipinski definition) is 4. The number of likely N-dealkylation sites (tertiary alicyclic amines) is 1. The van der Waals surface area contributed by atoms with Crippen LogP contribution in [0.2, 0.25) is 0 Å². The molecule has 5 nitrogen and oxygen atoms in total. The van der Waals surface area contributed by atoms with Gasteiger partial charge in [0, 0.05) is 44.3 Å². The van der Waals surface area contributed by atoms with Crippen molar-refractivity contribution in [2.45, 2.75) is 38.7 Å². The van der Waals surface area contributed by atoms with Crippen molar-refractivity contribution in [2.75, 3.05) is 19.0 Å². The van der Waals surface area contributed by atoms with E-state index in [0.717, 1.165) is 38.0 Å². The SMILES string of the molecule is Cc1ccc(OC2CCN(C(=O)CCCCl)CC2)nn1. The molecule has 1 saturated heterocycles. The smallest absolute Gasteiger partial charge is 0.233 e. The lowest BCUT2D eigenvalue weighted by Gasteiger charge is -2.31. The maximum Gasteiger partial charge on any atom is 0.233 e. The molecule has 6 heteroatoms. The number of alkyl halides is 1. The Morgan fingerprint density at radius 3 is 2.75 bits per heavy atom. The average molecular weight is 298 g/mol. The van der Waals surface area contributed by atoms with Gasteiger partial charge >= 0.3 is 0 Å². The van der Waals surface area contributed by atoms with E-state index in [1.165, 1.54) is 0 Å². The fourth-order valence-electron chi connectivity index (χ4n) is 2.22. The Bertz CT molecular complexity index is 431. The Kier molecular flexibility index (Phi) is 5.59. The van der Waals surface area contributed by atoms with Crippen molar-refractivity contribution in [2.24, 2.45) is 0 Å². The quantitative estimate of drug-likeness (QED) is 0.782. The molecule has 0 N–H and O–H groups in total. The zero-order valence-corrected chi connectivity index (χ0v) is 12.5. The molecule has 2 rings (SSSR count). The lowest BCUT2D eigenvalue weighted by atomic mass is 10.1. The normalized spacial score (nSPS) is 16.2. The third-order valence-corrected chi connectivity index (χ3v) is 3.65. The van der Waals surface area contributed by atoms with Crippen LogP contribution in [0.25, 0.3) is 0 Å². The Labute approximate surface area is 124 Å². The largest absolute Gasteiger partial charge is 0.473 e. The van der Waals surface area contributed by atoms with Crippen LogP contribution in [0.15, 0.2) is 12.1 Å². The summed E-state index contributed by atoms with van der Waals surface area (Å²) in [4.78, 5) is 13.8. The van der Waals surface area contributed by atoms with Gasteiger partial charge in [0.25, 0.3) is 0 Å². The summed E-state index contributed by atoms with van der Waals surface area (Å²) in [7, 11) is 0. The second-order valence-corrected chi connectivity index (χ2v) is 5.38. The van der Waals surface area contributed by atoms with Gasteiger partial charge in [-0.3, -0.25) is 4.79 Å². The Balaban J connectivity index is 1.76. The van der Waals surface area contributed by atoms with Gasteiger partial charge in [0.2, 0.25) is 11.8 Å². The lowest BCUT2D eigenvalue weighted by Crippen LogP contribution is -2.41. The first-order valence-corrected chi connectivity index (χ1v) is 7.53. The van der Waals surface area contributed by atoms with Crippen molar-refractivity contribution in [3.8, 4) is 5.88 Å². The van der Waals surface area contributed by atoms with E-state index in [0.29, 0.717) is 18.2 Å². The molecule has 0 bridgehead atoms. The molecule has 20 heavy (non-hydrogen) atoms. The Morgan fingerprint density at radius 2 is 2.15 bits per heavy atom. The molecule has 0 atom stereocenters. The predicted molar refractivity (Wildman–Crippen MR) is 77.0 cm³/mol. The summed E-state index contributed by atoms with van der Waals surface area (Å²) in [6, 6.07) is 3.72. The maximum absolute atomic E-state index is 11.9. The fourth-order valence-corrected chi connectivity index (χ4v) is 2.35. The van der Waals surface area contributed by atoms with Crippen LogP contribution in [0, 0.1) is 6.92 Å². The van der Waals surface area contributed by atoms with Crippen LogP contribution < -0.4 is 4.74 Å². The molecule has 1 aromatic heterocycles. The van der Waals surface area contributed by atoms with E-state index in [1.54, 1.807) is 0 Å². The van der Waals surface area contributed by atoms with Crippen molar-refractivity contribution in [3.63, 3.8) is 0 Å². The number of rotatable bonds is 5. The number of carbonyl (C=O) groups excluding carboxylic acids is 1. The minimum absolute atomic E-state index is 0.115. The summed E-state index contributed by atoms with van der Waals surface area (Å²) in [6.07, 6.45) is 3.07. The molecular weight excluding hydrogens is 278 g/mol. The van der Waals surface area contributed by atoms with Crippen LogP contribution in [-0.4, -0.2) is 46.1 Å². The molecule has 1 aliphatic rings. The third-order valence-electron chi connectivity index (χ3n) is 3.38. The molecule has 1 aromatic rings. The van der Waals surface area contributed by atoms with Crippen LogP contribution >= 0.6 is 11.6 Å². The molecule has 0 unspecified atom stereocenters. The van der Waals surface area contributed by atoms with E-state index in [-0.39, 0.29) is 12.0 Å². The van der Waals surface area contributed by atoms with Crippen molar-refractivity contribution in [1.29, 1.82) is 0 Å². The number of hydrogen-bond donors (Lipinski definition) is 0. The van der Waals surface area contributed by atoms with Gasteiger partial charge in [0.1, 0.15) is 6.10 Å². The van der Waals surface area contributed by atoms with Crippen molar-refractivity contribution in [3.05, 3.63) is 17.8 Å². The average Bonchev–Trinajstić information content (AvgIpc) is 2.48. The van der Waals surface area contributed by atoms with E-state index in [2.05, 4.69) is 10.2 Å². The van der Waals surface area contributed by atoms with Gasteiger partial charge in [-0.2, -0.15) is 5.10 Å². The van der Waals surface area contributed by atoms with Gasteiger partial charge in [-0.1, -0.05) is 0 Å². The third kappa shape index (κ3) is 4.34. The molecule has 1 aliphatic heterocycles. The standard InChI is InChI=1S/C14H20ClN3O2/c1-11-4-5-13(17-16-11)20-12-6-9-18(10-7-12)14(19)3-2-8-15/h4-5,12H,2-3,6-10H2,1H3. The van der Waals surface area contributed by atoms with Gasteiger partial charge in [0.15, 0.2) is 0 Å². The second-order valence-electron chi connectivity index (χ2n) is 5.00. The van der Waals surface area contributed by atoms with Gasteiger partial charge in [-0.05, 0) is 19.4 Å². The fraction of sp³-hybridized carbons (Fsp3) is 0.643. The number of aryl methyl sites for hydroxylation is 1. The molecular formula is C14H20ClN3O2. The van der Waals surface area contributed by atoms with Crippen molar-refractivity contribution >= 4 is 17.5 Å². The van der Waals surface area contributed by atoms with E-state index >= 15 is 0 Å². The number of piperidine rings is 1. The zero-order chi connectivity index (χ0) is 14.4. The lowest BCUT2D eigenvalue weighted by molar-refractivity contribution is -0.133. The molecule has 110 valence electrons. The van der Waals surface area contributed by atoms with Crippen LogP contribution in [0.4, 0.5) is 0 Å². The molecule has 0 saturated carbocycles. The Morgan fingerprint density at radius 1 is 1.40 bits per heavy atom. The molecule has 0 aliphatic carbocycles. The van der Waals surface area contributed by atoms with Crippen LogP contribution in [0.3, 0.4) is 0 Å². The first kappa shape index (κ1) is 15.0. The summed E-state index contributed by atoms with van der Waals surface area (Å²) in [5.41, 5.74) is 0.872. The van der Waals surface area contributed by atoms with E-state index < -0.39 is 0 Å². The van der Waals surface area contributed by atoms with Crippen LogP contribution in [0.5, 0.6) is 5.88 Å². The number of ether oxygens (including phenoxy) is 1. The van der Waals surface area contributed by atoms with Crippen LogP contribution in [0.1, 0.15) is 31.4 Å². The van der Waals surface area contributed by atoms with Crippen molar-refractivity contribution in [1.82, 2.24) is 15.1 Å². The maximum atomic E-state index is 11.9. The van der Waals surface area contributed by atoms with Gasteiger partial charge in [-0.25, -0.2) is 0 Å². The molecule has 1 fully saturated rings. The molecule has 0 radical (unpaired) electrons. The van der Waals surface area contributed by atoms with E-state index in [9.17, 15) is 4.79 Å². The summed E-state index contributed by atoms with van der Waals surface area (Å²) < 4.78 is 5.79. The molecule has 1 amide bonds. The van der Waals surface area contributed by atoms with Gasteiger partial charge < -0.3 is 9.64 Å². The number of amides is 1. The van der Waals surface area contributed by atoms with Gasteiger partial charge in [-0.15, -0.1) is 16.7 Å². The highest BCUT2D eigenvalue weighted by atomic mass is 35.5. The number of halogens is 1. The van der Waals surface area contributed by atoms with Crippen LogP contribution in [-0.2, 0) is 4.79 Å². The second kappa shape index (κ2) is 7.43. The molecule has 2 heterocycles. The van der Waals surface area contributed by atoms with Gasteiger partial charge in [0.05, 0.1) is 5.69 Å². The molecule has 0 aromatic carbocycles. The zero-order valence-electron chi connectivity index (χ0n) is 11.7. The van der Waals surface area contributed by atoms with E-state index in [4.69, 9.17) is 16.3 Å². The summed E-state index contributed by atoms with van der Waals surface area (Å²) in [5, 5.41) is 7.97. The number of aromatic nitrogens is 2. The first-order chi connectivity index (χ1) is 9.69. The van der Waals surface area contributed by atoms with E-state index in [1.807, 2.05) is 24.0 Å². The number of nitrogens with zero attached hydrogens (tertiary/aromatic N) is 3. The minimum Gasteiger partial charge on any atom is -0.473 e. The highest BCUT2D eigenvalue weighted by molar-refractivity contribution is 6.17. The highest BCUT2D eigenvalue weighted by Crippen LogP contribution is 2.17. The minimum atomic E-state index is 0.115. The first-order valence-electron chi connectivity index (χ1n) is 7.00. The summed E-state index contributed by atoms with van der Waals surface area (Å²) >= 11 is 5.61. The highest BCUT2D eigenvalue weighted by Gasteiger charge is 2.23. The van der Waals surface area contributed by atoms with Crippen molar-refractivity contribution < 1.29 is 9.53 Å². The predicted octanol–water partition coefficient (Wildman–Crippen LogP) is 2.17. The Hall–Kier alpha value is -1.36. The topological polar surface area (TPSA) is 55.3 Å².